The monoisotopic (exact) mass is 414 g/mol. The Morgan fingerprint density at radius 2 is 1.64 bits per heavy atom. The van der Waals surface area contributed by atoms with E-state index >= 15 is 0 Å². The molecule has 0 spiro atoms. The van der Waals surface area contributed by atoms with E-state index in [0.717, 1.165) is 5.56 Å². The van der Waals surface area contributed by atoms with E-state index in [4.69, 9.17) is 0 Å². The summed E-state index contributed by atoms with van der Waals surface area (Å²) in [6.07, 6.45) is 0. The van der Waals surface area contributed by atoms with Gasteiger partial charge in [0.2, 0.25) is 10.0 Å². The van der Waals surface area contributed by atoms with Gasteiger partial charge in [0.1, 0.15) is 0 Å². The van der Waals surface area contributed by atoms with Crippen molar-refractivity contribution in [3.63, 3.8) is 0 Å². The van der Waals surface area contributed by atoms with Gasteiger partial charge in [0.25, 0.3) is 5.91 Å². The van der Waals surface area contributed by atoms with Gasteiger partial charge < -0.3 is 5.32 Å². The highest BCUT2D eigenvalue weighted by Crippen LogP contribution is 2.19. The maximum absolute atomic E-state index is 12.4. The first-order chi connectivity index (χ1) is 13.4. The fourth-order valence-corrected chi connectivity index (χ4v) is 4.28. The summed E-state index contributed by atoms with van der Waals surface area (Å²) in [4.78, 5) is 24.9. The van der Waals surface area contributed by atoms with Gasteiger partial charge in [-0.1, -0.05) is 30.3 Å². The molecule has 2 aromatic carbocycles. The van der Waals surface area contributed by atoms with Gasteiger partial charge in [0.15, 0.2) is 5.78 Å². The zero-order valence-corrected chi connectivity index (χ0v) is 16.6. The number of hydrogen-bond acceptors (Lipinski definition) is 5. The van der Waals surface area contributed by atoms with E-state index in [-0.39, 0.29) is 23.1 Å². The van der Waals surface area contributed by atoms with E-state index in [1.54, 1.807) is 30.3 Å². The Labute approximate surface area is 167 Å². The molecule has 0 aliphatic carbocycles. The molecule has 28 heavy (non-hydrogen) atoms. The topological polar surface area (TPSA) is 92.3 Å². The SMILES string of the molecule is Cc1ccsc1C(=O)Nc1ccc(S(=O)(=O)NCC(=O)c2ccccc2)cc1. The molecule has 0 bridgehead atoms. The van der Waals surface area contributed by atoms with E-state index in [2.05, 4.69) is 10.0 Å². The lowest BCUT2D eigenvalue weighted by Crippen LogP contribution is -2.29. The van der Waals surface area contributed by atoms with E-state index < -0.39 is 10.0 Å². The van der Waals surface area contributed by atoms with Crippen molar-refractivity contribution in [2.45, 2.75) is 11.8 Å². The highest BCUT2D eigenvalue weighted by molar-refractivity contribution is 7.89. The minimum Gasteiger partial charge on any atom is -0.321 e. The van der Waals surface area contributed by atoms with Crippen molar-refractivity contribution in [3.8, 4) is 0 Å². The Morgan fingerprint density at radius 1 is 0.964 bits per heavy atom. The first-order valence-corrected chi connectivity index (χ1v) is 10.8. The van der Waals surface area contributed by atoms with Crippen LogP contribution < -0.4 is 10.0 Å². The summed E-state index contributed by atoms with van der Waals surface area (Å²) in [5.41, 5.74) is 1.80. The quantitative estimate of drug-likeness (QED) is 0.579. The standard InChI is InChI=1S/C20H18N2O4S2/c1-14-11-12-27-19(14)20(24)22-16-7-9-17(10-8-16)28(25,26)21-13-18(23)15-5-3-2-4-6-15/h2-12,21H,13H2,1H3,(H,22,24). The molecule has 2 N–H and O–H groups in total. The molecule has 0 fully saturated rings. The number of hydrogen-bond donors (Lipinski definition) is 2. The van der Waals surface area contributed by atoms with Gasteiger partial charge in [0, 0.05) is 11.3 Å². The zero-order valence-electron chi connectivity index (χ0n) is 15.0. The Balaban J connectivity index is 1.64. The molecule has 3 aromatic rings. The molecule has 0 atom stereocenters. The van der Waals surface area contributed by atoms with Crippen molar-refractivity contribution in [2.75, 3.05) is 11.9 Å². The predicted molar refractivity (Wildman–Crippen MR) is 109 cm³/mol. The maximum atomic E-state index is 12.4. The minimum atomic E-state index is -3.84. The van der Waals surface area contributed by atoms with Gasteiger partial charge in [-0.2, -0.15) is 0 Å². The fourth-order valence-electron chi connectivity index (χ4n) is 2.48. The minimum absolute atomic E-state index is 0.0127. The lowest BCUT2D eigenvalue weighted by Gasteiger charge is -2.08. The number of carbonyl (C=O) groups is 2. The number of sulfonamides is 1. The Kier molecular flexibility index (Phi) is 6.03. The zero-order chi connectivity index (χ0) is 20.1. The average molecular weight is 415 g/mol. The van der Waals surface area contributed by atoms with Crippen LogP contribution in [0.3, 0.4) is 0 Å². The van der Waals surface area contributed by atoms with Crippen LogP contribution in [0.2, 0.25) is 0 Å². The molecule has 8 heteroatoms. The van der Waals surface area contributed by atoms with Crippen LogP contribution in [-0.4, -0.2) is 26.7 Å². The molecule has 3 rings (SSSR count). The molecule has 144 valence electrons. The van der Waals surface area contributed by atoms with Crippen LogP contribution in [0.1, 0.15) is 25.6 Å². The third-order valence-corrected chi connectivity index (χ3v) is 6.44. The molecule has 0 aliphatic heterocycles. The van der Waals surface area contributed by atoms with Crippen molar-refractivity contribution < 1.29 is 18.0 Å². The second-order valence-corrected chi connectivity index (χ2v) is 8.71. The second-order valence-electron chi connectivity index (χ2n) is 6.02. The first-order valence-electron chi connectivity index (χ1n) is 8.40. The van der Waals surface area contributed by atoms with Crippen LogP contribution in [0.5, 0.6) is 0 Å². The third kappa shape index (κ3) is 4.72. The number of amides is 1. The molecule has 0 saturated heterocycles. The van der Waals surface area contributed by atoms with Crippen LogP contribution in [0.25, 0.3) is 0 Å². The van der Waals surface area contributed by atoms with E-state index in [1.165, 1.54) is 35.6 Å². The average Bonchev–Trinajstić information content (AvgIpc) is 3.13. The van der Waals surface area contributed by atoms with Gasteiger partial charge >= 0.3 is 0 Å². The van der Waals surface area contributed by atoms with Crippen molar-refractivity contribution in [3.05, 3.63) is 82.0 Å². The number of rotatable bonds is 7. The normalized spacial score (nSPS) is 11.2. The summed E-state index contributed by atoms with van der Waals surface area (Å²) < 4.78 is 27.1. The number of thiophene rings is 1. The first kappa shape index (κ1) is 19.9. The maximum Gasteiger partial charge on any atom is 0.265 e. The second kappa shape index (κ2) is 8.47. The van der Waals surface area contributed by atoms with Crippen molar-refractivity contribution in [2.24, 2.45) is 0 Å². The highest BCUT2D eigenvalue weighted by Gasteiger charge is 2.17. The summed E-state index contributed by atoms with van der Waals surface area (Å²) in [6, 6.07) is 16.1. The van der Waals surface area contributed by atoms with Crippen LogP contribution >= 0.6 is 11.3 Å². The van der Waals surface area contributed by atoms with Crippen molar-refractivity contribution >= 4 is 38.7 Å². The Hall–Kier alpha value is -2.81. The van der Waals surface area contributed by atoms with Gasteiger partial charge in [0.05, 0.1) is 16.3 Å². The summed E-state index contributed by atoms with van der Waals surface area (Å²) in [5.74, 6) is -0.561. The number of anilines is 1. The Bertz CT molecular complexity index is 1090. The summed E-state index contributed by atoms with van der Waals surface area (Å²) in [5, 5.41) is 4.57. The van der Waals surface area contributed by atoms with Crippen LogP contribution in [-0.2, 0) is 10.0 Å². The van der Waals surface area contributed by atoms with Crippen molar-refractivity contribution in [1.29, 1.82) is 0 Å². The molecule has 1 amide bonds. The van der Waals surface area contributed by atoms with Gasteiger partial charge in [-0.05, 0) is 48.2 Å². The summed E-state index contributed by atoms with van der Waals surface area (Å²) >= 11 is 1.34. The Morgan fingerprint density at radius 3 is 2.25 bits per heavy atom. The largest absolute Gasteiger partial charge is 0.321 e. The molecule has 0 radical (unpaired) electrons. The lowest BCUT2D eigenvalue weighted by molar-refractivity contribution is 0.0995. The number of ketones is 1. The number of nitrogens with one attached hydrogen (secondary N) is 2. The number of benzene rings is 2. The molecule has 0 unspecified atom stereocenters. The molecular formula is C20H18N2O4S2. The molecule has 1 aromatic heterocycles. The number of aryl methyl sites for hydroxylation is 1. The fraction of sp³-hybridized carbons (Fsp3) is 0.100. The van der Waals surface area contributed by atoms with E-state index in [1.807, 2.05) is 18.4 Å². The molecule has 0 saturated carbocycles. The highest BCUT2D eigenvalue weighted by atomic mass is 32.2. The number of carbonyl (C=O) groups excluding carboxylic acids is 2. The van der Waals surface area contributed by atoms with Gasteiger partial charge in [-0.25, -0.2) is 13.1 Å². The number of Topliss-reactive ketones (excluding diaryl/α,β-unsaturated/α-hetero) is 1. The van der Waals surface area contributed by atoms with Crippen LogP contribution in [0, 0.1) is 6.92 Å². The van der Waals surface area contributed by atoms with Gasteiger partial charge in [-0.15, -0.1) is 11.3 Å². The molecular weight excluding hydrogens is 396 g/mol. The molecule has 0 aliphatic rings. The lowest BCUT2D eigenvalue weighted by atomic mass is 10.1. The summed E-state index contributed by atoms with van der Waals surface area (Å²) in [6.45, 7) is 1.52. The smallest absolute Gasteiger partial charge is 0.265 e. The van der Waals surface area contributed by atoms with Crippen LogP contribution in [0.15, 0.2) is 70.9 Å². The predicted octanol–water partition coefficient (Wildman–Crippen LogP) is 3.47. The molecule has 6 nitrogen and oxygen atoms in total. The third-order valence-electron chi connectivity index (χ3n) is 4.01. The van der Waals surface area contributed by atoms with Gasteiger partial charge in [-0.3, -0.25) is 9.59 Å². The van der Waals surface area contributed by atoms with Crippen LogP contribution in [0.4, 0.5) is 5.69 Å². The summed E-state index contributed by atoms with van der Waals surface area (Å²) in [7, 11) is -3.84. The van der Waals surface area contributed by atoms with E-state index in [0.29, 0.717) is 16.1 Å². The van der Waals surface area contributed by atoms with E-state index in [9.17, 15) is 18.0 Å². The van der Waals surface area contributed by atoms with Crippen molar-refractivity contribution in [1.82, 2.24) is 4.72 Å². The molecule has 1 heterocycles.